The molecule has 0 amide bonds. The first-order valence-corrected chi connectivity index (χ1v) is 7.71. The van der Waals surface area contributed by atoms with E-state index in [4.69, 9.17) is 21.1 Å². The summed E-state index contributed by atoms with van der Waals surface area (Å²) in [6.45, 7) is 4.83. The molecule has 2 nitrogen and oxygen atoms in total. The van der Waals surface area contributed by atoms with Gasteiger partial charge in [-0.2, -0.15) is 0 Å². The highest BCUT2D eigenvalue weighted by Crippen LogP contribution is 2.36. The molecule has 1 aliphatic heterocycles. The Morgan fingerprint density at radius 2 is 1.57 bits per heavy atom. The van der Waals surface area contributed by atoms with Gasteiger partial charge in [0.25, 0.3) is 0 Å². The van der Waals surface area contributed by atoms with E-state index < -0.39 is 0 Å². The smallest absolute Gasteiger partial charge is 0.161 e. The Kier molecular flexibility index (Phi) is 4.07. The Hall–Kier alpha value is -1.67. The standard InChI is InChI=1S/C18H19ClO2/c1-12(2)13-7-9-14(10-8-13)18(19)17-11-20-15-5-3-4-6-16(15)21-17/h3-10,12,17-18H,11H2,1-2H3. The monoisotopic (exact) mass is 302 g/mol. The second-order valence-corrected chi connectivity index (χ2v) is 6.11. The van der Waals surface area contributed by atoms with Gasteiger partial charge in [-0.25, -0.2) is 0 Å². The third-order valence-corrected chi connectivity index (χ3v) is 4.31. The summed E-state index contributed by atoms with van der Waals surface area (Å²) in [6, 6.07) is 16.1. The highest BCUT2D eigenvalue weighted by Gasteiger charge is 2.28. The van der Waals surface area contributed by atoms with Gasteiger partial charge in [-0.1, -0.05) is 50.2 Å². The Morgan fingerprint density at radius 1 is 0.952 bits per heavy atom. The van der Waals surface area contributed by atoms with E-state index in [9.17, 15) is 0 Å². The molecule has 3 rings (SSSR count). The van der Waals surface area contributed by atoms with Crippen molar-refractivity contribution in [3.8, 4) is 11.5 Å². The zero-order chi connectivity index (χ0) is 14.8. The van der Waals surface area contributed by atoms with Crippen molar-refractivity contribution in [1.82, 2.24) is 0 Å². The van der Waals surface area contributed by atoms with Crippen LogP contribution < -0.4 is 9.47 Å². The predicted molar refractivity (Wildman–Crippen MR) is 85.5 cm³/mol. The summed E-state index contributed by atoms with van der Waals surface area (Å²) in [5, 5.41) is -0.223. The maximum atomic E-state index is 6.58. The Bertz CT molecular complexity index is 607. The van der Waals surface area contributed by atoms with E-state index in [2.05, 4.69) is 38.1 Å². The number of hydrogen-bond acceptors (Lipinski definition) is 2. The van der Waals surface area contributed by atoms with Crippen LogP contribution in [0.25, 0.3) is 0 Å². The molecule has 110 valence electrons. The quantitative estimate of drug-likeness (QED) is 0.748. The second kappa shape index (κ2) is 5.98. The zero-order valence-electron chi connectivity index (χ0n) is 12.3. The van der Waals surface area contributed by atoms with Gasteiger partial charge in [-0.3, -0.25) is 0 Å². The van der Waals surface area contributed by atoms with Gasteiger partial charge in [-0.15, -0.1) is 11.6 Å². The number of alkyl halides is 1. The third kappa shape index (κ3) is 3.01. The van der Waals surface area contributed by atoms with Crippen LogP contribution >= 0.6 is 11.6 Å². The first kappa shape index (κ1) is 14.3. The minimum Gasteiger partial charge on any atom is -0.486 e. The van der Waals surface area contributed by atoms with Crippen LogP contribution in [0.5, 0.6) is 11.5 Å². The average Bonchev–Trinajstić information content (AvgIpc) is 2.54. The van der Waals surface area contributed by atoms with Crippen molar-refractivity contribution in [2.24, 2.45) is 0 Å². The summed E-state index contributed by atoms with van der Waals surface area (Å²) in [4.78, 5) is 0. The van der Waals surface area contributed by atoms with E-state index >= 15 is 0 Å². The van der Waals surface area contributed by atoms with Crippen LogP contribution in [0.4, 0.5) is 0 Å². The molecular formula is C18H19ClO2. The van der Waals surface area contributed by atoms with Gasteiger partial charge in [-0.05, 0) is 29.2 Å². The fourth-order valence-corrected chi connectivity index (χ4v) is 2.73. The van der Waals surface area contributed by atoms with Crippen LogP contribution in [0.15, 0.2) is 48.5 Å². The average molecular weight is 303 g/mol. The van der Waals surface area contributed by atoms with Crippen LogP contribution in [0.3, 0.4) is 0 Å². The Labute approximate surface area is 130 Å². The SMILES string of the molecule is CC(C)c1ccc(C(Cl)C2COc3ccccc3O2)cc1. The number of para-hydroxylation sites is 2. The maximum absolute atomic E-state index is 6.58. The highest BCUT2D eigenvalue weighted by atomic mass is 35.5. The van der Waals surface area contributed by atoms with Crippen LogP contribution in [0.2, 0.25) is 0 Å². The molecule has 2 unspecified atom stereocenters. The lowest BCUT2D eigenvalue weighted by Gasteiger charge is -2.29. The summed E-state index contributed by atoms with van der Waals surface area (Å²) < 4.78 is 11.7. The summed E-state index contributed by atoms with van der Waals surface area (Å²) in [7, 11) is 0. The minimum absolute atomic E-state index is 0.175. The zero-order valence-corrected chi connectivity index (χ0v) is 13.0. The van der Waals surface area contributed by atoms with Crippen molar-refractivity contribution in [1.29, 1.82) is 0 Å². The molecule has 2 aromatic rings. The summed E-state index contributed by atoms with van der Waals surface area (Å²) in [6.07, 6.45) is -0.175. The molecule has 0 aliphatic carbocycles. The van der Waals surface area contributed by atoms with Crippen LogP contribution in [-0.4, -0.2) is 12.7 Å². The van der Waals surface area contributed by atoms with Crippen LogP contribution in [-0.2, 0) is 0 Å². The van der Waals surface area contributed by atoms with Crippen molar-refractivity contribution in [2.45, 2.75) is 31.2 Å². The fraction of sp³-hybridized carbons (Fsp3) is 0.333. The third-order valence-electron chi connectivity index (χ3n) is 3.78. The molecule has 0 aromatic heterocycles. The molecule has 1 heterocycles. The molecule has 2 aromatic carbocycles. The number of rotatable bonds is 3. The molecule has 0 fully saturated rings. The van der Waals surface area contributed by atoms with Gasteiger partial charge in [0.2, 0.25) is 0 Å². The van der Waals surface area contributed by atoms with Crippen molar-refractivity contribution in [3.63, 3.8) is 0 Å². The first-order valence-electron chi connectivity index (χ1n) is 7.27. The minimum atomic E-state index is -0.223. The molecule has 1 aliphatic rings. The number of ether oxygens (including phenoxy) is 2. The molecular weight excluding hydrogens is 284 g/mol. The van der Waals surface area contributed by atoms with Gasteiger partial charge in [0.15, 0.2) is 17.6 Å². The molecule has 0 saturated carbocycles. The van der Waals surface area contributed by atoms with Crippen molar-refractivity contribution >= 4 is 11.6 Å². The van der Waals surface area contributed by atoms with Gasteiger partial charge in [0.05, 0.1) is 5.38 Å². The lowest BCUT2D eigenvalue weighted by atomic mass is 9.99. The largest absolute Gasteiger partial charge is 0.486 e. The molecule has 0 radical (unpaired) electrons. The first-order chi connectivity index (χ1) is 10.1. The second-order valence-electron chi connectivity index (χ2n) is 5.64. The summed E-state index contributed by atoms with van der Waals surface area (Å²) >= 11 is 6.58. The van der Waals surface area contributed by atoms with E-state index in [1.165, 1.54) is 5.56 Å². The molecule has 2 atom stereocenters. The summed E-state index contributed by atoms with van der Waals surface area (Å²) in [5.41, 5.74) is 2.38. The maximum Gasteiger partial charge on any atom is 0.161 e. The van der Waals surface area contributed by atoms with Gasteiger partial charge >= 0.3 is 0 Å². The van der Waals surface area contributed by atoms with E-state index in [1.807, 2.05) is 24.3 Å². The predicted octanol–water partition coefficient (Wildman–Crippen LogP) is 4.93. The van der Waals surface area contributed by atoms with Crippen LogP contribution in [0.1, 0.15) is 36.3 Å². The molecule has 3 heteroatoms. The lowest BCUT2D eigenvalue weighted by Crippen LogP contribution is -2.32. The lowest BCUT2D eigenvalue weighted by molar-refractivity contribution is 0.0877. The number of hydrogen-bond donors (Lipinski definition) is 0. The summed E-state index contributed by atoms with van der Waals surface area (Å²) in [5.74, 6) is 2.07. The molecule has 0 spiro atoms. The van der Waals surface area contributed by atoms with Crippen molar-refractivity contribution < 1.29 is 9.47 Å². The number of halogens is 1. The molecule has 0 N–H and O–H groups in total. The van der Waals surface area contributed by atoms with E-state index in [0.29, 0.717) is 12.5 Å². The topological polar surface area (TPSA) is 18.5 Å². The van der Waals surface area contributed by atoms with Gasteiger partial charge in [0.1, 0.15) is 6.61 Å². The van der Waals surface area contributed by atoms with E-state index in [-0.39, 0.29) is 11.5 Å². The van der Waals surface area contributed by atoms with Crippen molar-refractivity contribution in [2.75, 3.05) is 6.61 Å². The number of fused-ring (bicyclic) bond motifs is 1. The fourth-order valence-electron chi connectivity index (χ4n) is 2.46. The van der Waals surface area contributed by atoms with Gasteiger partial charge in [0, 0.05) is 0 Å². The number of benzene rings is 2. The normalized spacial score (nSPS) is 18.6. The Morgan fingerprint density at radius 3 is 2.24 bits per heavy atom. The van der Waals surface area contributed by atoms with Crippen molar-refractivity contribution in [3.05, 3.63) is 59.7 Å². The van der Waals surface area contributed by atoms with Gasteiger partial charge < -0.3 is 9.47 Å². The molecule has 0 saturated heterocycles. The Balaban J connectivity index is 1.75. The van der Waals surface area contributed by atoms with E-state index in [0.717, 1.165) is 17.1 Å². The molecule has 0 bridgehead atoms. The van der Waals surface area contributed by atoms with E-state index in [1.54, 1.807) is 0 Å². The highest BCUT2D eigenvalue weighted by molar-refractivity contribution is 6.21. The molecule has 21 heavy (non-hydrogen) atoms. The van der Waals surface area contributed by atoms with Crippen LogP contribution in [0, 0.1) is 0 Å².